The minimum absolute atomic E-state index is 0.582. The number of fused-ring (bicyclic) bond motifs is 1. The molecule has 116 valence electrons. The van der Waals surface area contributed by atoms with Crippen LogP contribution in [0.15, 0.2) is 18.9 Å². The topological polar surface area (TPSA) is 95.6 Å². The Kier molecular flexibility index (Phi) is 4.24. The van der Waals surface area contributed by atoms with Crippen LogP contribution in [0.25, 0.3) is 11.2 Å². The summed E-state index contributed by atoms with van der Waals surface area (Å²) in [6.45, 7) is 2.06. The molecule has 0 aliphatic carbocycles. The van der Waals surface area contributed by atoms with Crippen LogP contribution in [-0.2, 0) is 24.8 Å². The van der Waals surface area contributed by atoms with Crippen LogP contribution in [-0.4, -0.2) is 54.5 Å². The zero-order valence-electron chi connectivity index (χ0n) is 12.6. The number of hydrogen-bond acceptors (Lipinski definition) is 7. The Balaban J connectivity index is 1.60. The summed E-state index contributed by atoms with van der Waals surface area (Å²) >= 11 is 0. The van der Waals surface area contributed by atoms with Crippen molar-refractivity contribution in [3.8, 4) is 0 Å². The van der Waals surface area contributed by atoms with Crippen molar-refractivity contribution in [2.75, 3.05) is 25.6 Å². The van der Waals surface area contributed by atoms with Gasteiger partial charge in [-0.2, -0.15) is 4.98 Å². The van der Waals surface area contributed by atoms with E-state index >= 15 is 0 Å². The number of ether oxygens (including phenoxy) is 1. The monoisotopic (exact) mass is 302 g/mol. The number of imidazole rings is 1. The maximum Gasteiger partial charge on any atom is 0.224 e. The summed E-state index contributed by atoms with van der Waals surface area (Å²) < 4.78 is 8.92. The van der Waals surface area contributed by atoms with Gasteiger partial charge < -0.3 is 19.2 Å². The van der Waals surface area contributed by atoms with E-state index in [0.717, 1.165) is 30.0 Å². The van der Waals surface area contributed by atoms with Crippen molar-refractivity contribution in [2.24, 2.45) is 7.05 Å². The lowest BCUT2D eigenvalue weighted by Crippen LogP contribution is -2.13. The van der Waals surface area contributed by atoms with E-state index in [-0.39, 0.29) is 0 Å². The lowest BCUT2D eigenvalue weighted by molar-refractivity contribution is 0.186. The molecule has 0 radical (unpaired) electrons. The molecular formula is C13H18N8O. The highest BCUT2D eigenvalue weighted by Crippen LogP contribution is 2.09. The largest absolute Gasteiger partial charge is 0.383 e. The van der Waals surface area contributed by atoms with Crippen LogP contribution >= 0.6 is 0 Å². The van der Waals surface area contributed by atoms with Gasteiger partial charge in [0.15, 0.2) is 5.65 Å². The van der Waals surface area contributed by atoms with Gasteiger partial charge in [-0.05, 0) is 0 Å². The molecule has 0 unspecified atom stereocenters. The summed E-state index contributed by atoms with van der Waals surface area (Å²) in [6.07, 6.45) is 5.89. The molecular weight excluding hydrogens is 284 g/mol. The normalized spacial score (nSPS) is 11.2. The minimum Gasteiger partial charge on any atom is -0.383 e. The third-order valence-electron chi connectivity index (χ3n) is 3.32. The van der Waals surface area contributed by atoms with Crippen molar-refractivity contribution in [3.63, 3.8) is 0 Å². The third-order valence-corrected chi connectivity index (χ3v) is 3.32. The minimum atomic E-state index is 0.582. The van der Waals surface area contributed by atoms with Gasteiger partial charge >= 0.3 is 0 Å². The van der Waals surface area contributed by atoms with E-state index in [1.54, 1.807) is 26.0 Å². The smallest absolute Gasteiger partial charge is 0.224 e. The van der Waals surface area contributed by atoms with Crippen molar-refractivity contribution in [3.05, 3.63) is 24.7 Å². The second kappa shape index (κ2) is 6.48. The van der Waals surface area contributed by atoms with Gasteiger partial charge in [-0.25, -0.2) is 9.97 Å². The molecule has 0 fully saturated rings. The summed E-state index contributed by atoms with van der Waals surface area (Å²) in [7, 11) is 3.59. The van der Waals surface area contributed by atoms with Crippen LogP contribution in [0.3, 0.4) is 0 Å². The molecule has 0 aromatic carbocycles. The number of nitrogens with one attached hydrogen (secondary N) is 1. The number of aryl methyl sites for hydroxylation is 1. The number of aromatic nitrogens is 7. The molecule has 0 amide bonds. The fourth-order valence-corrected chi connectivity index (χ4v) is 2.14. The summed E-state index contributed by atoms with van der Waals surface area (Å²) in [5.74, 6) is 1.49. The first-order valence-electron chi connectivity index (χ1n) is 7.01. The number of anilines is 1. The first-order valence-corrected chi connectivity index (χ1v) is 7.01. The van der Waals surface area contributed by atoms with Gasteiger partial charge in [0.1, 0.15) is 17.7 Å². The van der Waals surface area contributed by atoms with E-state index in [2.05, 4.69) is 30.5 Å². The van der Waals surface area contributed by atoms with E-state index < -0.39 is 0 Å². The summed E-state index contributed by atoms with van der Waals surface area (Å²) in [5, 5.41) is 11.3. The molecule has 3 aromatic rings. The Morgan fingerprint density at radius 3 is 3.05 bits per heavy atom. The van der Waals surface area contributed by atoms with E-state index in [1.165, 1.54) is 0 Å². The fraction of sp³-hybridized carbons (Fsp3) is 0.462. The molecule has 0 aliphatic heterocycles. The average Bonchev–Trinajstić information content (AvgIpc) is 3.13. The zero-order valence-corrected chi connectivity index (χ0v) is 12.6. The van der Waals surface area contributed by atoms with Crippen LogP contribution in [0.4, 0.5) is 5.95 Å². The van der Waals surface area contributed by atoms with Gasteiger partial charge in [-0.1, -0.05) is 0 Å². The van der Waals surface area contributed by atoms with E-state index in [4.69, 9.17) is 4.74 Å². The number of methoxy groups -OCH3 is 1. The first kappa shape index (κ1) is 14.4. The van der Waals surface area contributed by atoms with Gasteiger partial charge in [-0.15, -0.1) is 10.2 Å². The fourth-order valence-electron chi connectivity index (χ4n) is 2.14. The Labute approximate surface area is 127 Å². The molecule has 0 aliphatic rings. The lowest BCUT2D eigenvalue weighted by Gasteiger charge is -2.07. The van der Waals surface area contributed by atoms with E-state index in [9.17, 15) is 0 Å². The van der Waals surface area contributed by atoms with Crippen molar-refractivity contribution in [2.45, 2.75) is 13.0 Å². The van der Waals surface area contributed by atoms with Gasteiger partial charge in [0.2, 0.25) is 5.95 Å². The van der Waals surface area contributed by atoms with Crippen molar-refractivity contribution in [1.82, 2.24) is 34.3 Å². The maximum absolute atomic E-state index is 5.07. The summed E-state index contributed by atoms with van der Waals surface area (Å²) in [6, 6.07) is 0. The molecule has 3 rings (SSSR count). The van der Waals surface area contributed by atoms with Crippen LogP contribution in [0.1, 0.15) is 5.82 Å². The van der Waals surface area contributed by atoms with Crippen LogP contribution in [0, 0.1) is 0 Å². The molecule has 22 heavy (non-hydrogen) atoms. The van der Waals surface area contributed by atoms with Crippen molar-refractivity contribution >= 4 is 17.1 Å². The Hall–Kier alpha value is -2.55. The molecule has 9 nitrogen and oxygen atoms in total. The Morgan fingerprint density at radius 2 is 2.18 bits per heavy atom. The van der Waals surface area contributed by atoms with Crippen LogP contribution in [0.5, 0.6) is 0 Å². The summed E-state index contributed by atoms with van der Waals surface area (Å²) in [4.78, 5) is 12.9. The van der Waals surface area contributed by atoms with Crippen LogP contribution in [0.2, 0.25) is 0 Å². The molecule has 0 saturated carbocycles. The molecule has 3 aromatic heterocycles. The Bertz CT molecular complexity index is 749. The van der Waals surface area contributed by atoms with Crippen molar-refractivity contribution in [1.29, 1.82) is 0 Å². The second-order valence-corrected chi connectivity index (χ2v) is 4.87. The van der Waals surface area contributed by atoms with Crippen molar-refractivity contribution < 1.29 is 4.74 Å². The molecule has 0 spiro atoms. The number of hydrogen-bond donors (Lipinski definition) is 1. The zero-order chi connectivity index (χ0) is 15.4. The highest BCUT2D eigenvalue weighted by Gasteiger charge is 2.06. The highest BCUT2D eigenvalue weighted by atomic mass is 16.5. The average molecular weight is 302 g/mol. The first-order chi connectivity index (χ1) is 10.8. The predicted octanol–water partition coefficient (Wildman–Crippen LogP) is 0.256. The molecule has 3 heterocycles. The highest BCUT2D eigenvalue weighted by molar-refractivity contribution is 5.70. The molecule has 0 bridgehead atoms. The predicted molar refractivity (Wildman–Crippen MR) is 80.4 cm³/mol. The lowest BCUT2D eigenvalue weighted by atomic mass is 10.4. The summed E-state index contributed by atoms with van der Waals surface area (Å²) in [5.41, 5.74) is 1.59. The standard InChI is InChI=1S/C13H18N8O/c1-20-8-16-10-7-15-13(18-12(10)20)14-4-3-11-19-17-9-21(11)5-6-22-2/h7-9H,3-6H2,1-2H3,(H,14,15,18). The molecule has 9 heteroatoms. The third kappa shape index (κ3) is 3.03. The van der Waals surface area contributed by atoms with Crippen LogP contribution < -0.4 is 5.32 Å². The van der Waals surface area contributed by atoms with Gasteiger partial charge in [0.05, 0.1) is 19.1 Å². The molecule has 0 saturated heterocycles. The molecule has 0 atom stereocenters. The van der Waals surface area contributed by atoms with E-state index in [1.807, 2.05) is 16.2 Å². The van der Waals surface area contributed by atoms with Gasteiger partial charge in [0, 0.05) is 33.7 Å². The maximum atomic E-state index is 5.07. The number of rotatable bonds is 7. The van der Waals surface area contributed by atoms with Gasteiger partial charge in [0.25, 0.3) is 0 Å². The van der Waals surface area contributed by atoms with Gasteiger partial charge in [-0.3, -0.25) is 0 Å². The quantitative estimate of drug-likeness (QED) is 0.668. The number of nitrogens with zero attached hydrogens (tertiary/aromatic N) is 7. The second-order valence-electron chi connectivity index (χ2n) is 4.87. The molecule has 1 N–H and O–H groups in total. The SMILES string of the molecule is COCCn1cnnc1CCNc1ncc2ncn(C)c2n1. The van der Waals surface area contributed by atoms with E-state index in [0.29, 0.717) is 19.1 Å². The Morgan fingerprint density at radius 1 is 1.27 bits per heavy atom.